The zero-order chi connectivity index (χ0) is 17.3. The van der Waals surface area contributed by atoms with Crippen LogP contribution in [0, 0.1) is 0 Å². The number of aryl methyl sites for hydroxylation is 1. The number of hydrogen-bond donors (Lipinski definition) is 0. The number of aromatic nitrogens is 1. The van der Waals surface area contributed by atoms with Crippen molar-refractivity contribution in [3.05, 3.63) is 42.2 Å². The first-order valence-electron chi connectivity index (χ1n) is 9.62. The van der Waals surface area contributed by atoms with Crippen LogP contribution >= 0.6 is 0 Å². The van der Waals surface area contributed by atoms with Gasteiger partial charge in [-0.15, -0.1) is 0 Å². The molecule has 0 amide bonds. The first-order valence-corrected chi connectivity index (χ1v) is 9.62. The van der Waals surface area contributed by atoms with Crippen LogP contribution in [-0.4, -0.2) is 30.7 Å². The smallest absolute Gasteiger partial charge is 0.0575 e. The van der Waals surface area contributed by atoms with E-state index in [-0.39, 0.29) is 0 Å². The number of nitrogens with zero attached hydrogens (tertiary/aromatic N) is 2. The highest BCUT2D eigenvalue weighted by atomic mass is 16.7. The summed E-state index contributed by atoms with van der Waals surface area (Å²) in [5, 5.41) is 1.90. The summed E-state index contributed by atoms with van der Waals surface area (Å²) in [7, 11) is 3.72. The minimum Gasteiger partial charge on any atom is -0.303 e. The second kappa shape index (κ2) is 15.3. The topological polar surface area (TPSA) is 25.4 Å². The molecule has 0 saturated carbocycles. The van der Waals surface area contributed by atoms with Gasteiger partial charge in [0.05, 0.1) is 7.11 Å². The van der Waals surface area contributed by atoms with Crippen LogP contribution in [0.5, 0.6) is 0 Å². The Labute approximate surface area is 149 Å². The van der Waals surface area contributed by atoms with Crippen LogP contribution in [0.25, 0.3) is 0 Å². The molecule has 0 bridgehead atoms. The van der Waals surface area contributed by atoms with Crippen LogP contribution in [-0.2, 0) is 11.3 Å². The lowest BCUT2D eigenvalue weighted by Gasteiger charge is -2.12. The third-order valence-corrected chi connectivity index (χ3v) is 4.38. The minimum absolute atomic E-state index is 1.04. The Hall–Kier alpha value is -1.19. The molecule has 0 fully saturated rings. The normalized spacial score (nSPS) is 11.6. The molecule has 1 aromatic rings. The van der Waals surface area contributed by atoms with Crippen molar-refractivity contribution < 1.29 is 4.84 Å². The molecule has 0 spiro atoms. The van der Waals surface area contributed by atoms with Crippen LogP contribution in [0.2, 0.25) is 0 Å². The molecule has 0 aromatic carbocycles. The predicted molar refractivity (Wildman–Crippen MR) is 103 cm³/mol. The summed E-state index contributed by atoms with van der Waals surface area (Å²) in [6.07, 6.45) is 22.7. The Morgan fingerprint density at radius 3 is 2.29 bits per heavy atom. The van der Waals surface area contributed by atoms with Crippen molar-refractivity contribution in [1.29, 1.82) is 0 Å². The van der Waals surface area contributed by atoms with Crippen molar-refractivity contribution in [3.63, 3.8) is 0 Å². The summed E-state index contributed by atoms with van der Waals surface area (Å²) >= 11 is 0. The zero-order valence-corrected chi connectivity index (χ0v) is 15.8. The Bertz CT molecular complexity index is 406. The van der Waals surface area contributed by atoms with Gasteiger partial charge in [0.1, 0.15) is 0 Å². The molecule has 0 radical (unpaired) electrons. The van der Waals surface area contributed by atoms with Gasteiger partial charge in [0.25, 0.3) is 0 Å². The van der Waals surface area contributed by atoms with Crippen molar-refractivity contribution in [2.24, 2.45) is 0 Å². The summed E-state index contributed by atoms with van der Waals surface area (Å²) in [4.78, 5) is 9.26. The highest BCUT2D eigenvalue weighted by Gasteiger charge is 1.95. The van der Waals surface area contributed by atoms with E-state index in [1.54, 1.807) is 7.11 Å². The Balaban J connectivity index is 1.80. The number of allylic oxidation sites excluding steroid dienone is 2. The molecule has 0 unspecified atom stereocenters. The predicted octanol–water partition coefficient (Wildman–Crippen LogP) is 5.57. The van der Waals surface area contributed by atoms with Gasteiger partial charge in [-0.1, -0.05) is 43.9 Å². The molecule has 0 aliphatic heterocycles. The third-order valence-electron chi connectivity index (χ3n) is 4.38. The number of hydroxylamine groups is 2. The van der Waals surface area contributed by atoms with Crippen LogP contribution in [0.3, 0.4) is 0 Å². The molecule has 1 heterocycles. The highest BCUT2D eigenvalue weighted by Crippen LogP contribution is 2.09. The molecule has 0 aliphatic rings. The standard InChI is InChI=1S/C21H36N2O/c1-23(24-2)19-14-12-10-8-6-4-3-5-7-9-11-13-16-21-17-15-18-22-20-21/h5,7,15,17-18,20H,3-4,6,8-14,16,19H2,1-2H3/b7-5-. The fourth-order valence-corrected chi connectivity index (χ4v) is 2.77. The van der Waals surface area contributed by atoms with Crippen LogP contribution in [0.4, 0.5) is 0 Å². The van der Waals surface area contributed by atoms with E-state index in [0.29, 0.717) is 0 Å². The molecular weight excluding hydrogens is 296 g/mol. The van der Waals surface area contributed by atoms with Gasteiger partial charge in [0.15, 0.2) is 0 Å². The molecule has 0 saturated heterocycles. The maximum Gasteiger partial charge on any atom is 0.0575 e. The van der Waals surface area contributed by atoms with E-state index in [1.807, 2.05) is 30.6 Å². The van der Waals surface area contributed by atoms with E-state index in [0.717, 1.165) is 13.0 Å². The summed E-state index contributed by atoms with van der Waals surface area (Å²) in [5.41, 5.74) is 1.36. The summed E-state index contributed by atoms with van der Waals surface area (Å²) < 4.78 is 0. The lowest BCUT2D eigenvalue weighted by molar-refractivity contribution is -0.109. The van der Waals surface area contributed by atoms with Gasteiger partial charge in [-0.3, -0.25) is 4.98 Å². The molecule has 1 rings (SSSR count). The average molecular weight is 333 g/mol. The van der Waals surface area contributed by atoms with E-state index < -0.39 is 0 Å². The Morgan fingerprint density at radius 1 is 0.958 bits per heavy atom. The lowest BCUT2D eigenvalue weighted by atomic mass is 10.1. The maximum absolute atomic E-state index is 5.10. The highest BCUT2D eigenvalue weighted by molar-refractivity contribution is 5.08. The van der Waals surface area contributed by atoms with Crippen molar-refractivity contribution >= 4 is 0 Å². The van der Waals surface area contributed by atoms with Gasteiger partial charge >= 0.3 is 0 Å². The molecule has 3 nitrogen and oxygen atoms in total. The monoisotopic (exact) mass is 332 g/mol. The van der Waals surface area contributed by atoms with Gasteiger partial charge in [0.2, 0.25) is 0 Å². The summed E-state index contributed by atoms with van der Waals surface area (Å²) in [5.74, 6) is 0. The van der Waals surface area contributed by atoms with Gasteiger partial charge in [-0.25, -0.2) is 0 Å². The molecule has 0 N–H and O–H groups in total. The van der Waals surface area contributed by atoms with Crippen LogP contribution < -0.4 is 0 Å². The van der Waals surface area contributed by atoms with Gasteiger partial charge < -0.3 is 4.84 Å². The van der Waals surface area contributed by atoms with E-state index in [2.05, 4.69) is 23.2 Å². The fourth-order valence-electron chi connectivity index (χ4n) is 2.77. The van der Waals surface area contributed by atoms with Gasteiger partial charge in [0, 0.05) is 26.0 Å². The maximum atomic E-state index is 5.10. The summed E-state index contributed by atoms with van der Waals surface area (Å²) in [6.45, 7) is 1.04. The molecule has 24 heavy (non-hydrogen) atoms. The van der Waals surface area contributed by atoms with Crippen molar-refractivity contribution in [3.8, 4) is 0 Å². The lowest BCUT2D eigenvalue weighted by Crippen LogP contribution is -2.17. The summed E-state index contributed by atoms with van der Waals surface area (Å²) in [6, 6.07) is 4.19. The molecule has 136 valence electrons. The molecule has 3 heteroatoms. The quantitative estimate of drug-likeness (QED) is 0.238. The molecule has 0 aliphatic carbocycles. The van der Waals surface area contributed by atoms with Gasteiger partial charge in [-0.2, -0.15) is 5.06 Å². The Kier molecular flexibility index (Phi) is 13.3. The van der Waals surface area contributed by atoms with Crippen molar-refractivity contribution in [2.75, 3.05) is 20.7 Å². The van der Waals surface area contributed by atoms with Crippen molar-refractivity contribution in [2.45, 2.75) is 70.6 Å². The van der Waals surface area contributed by atoms with E-state index in [1.165, 1.54) is 69.8 Å². The number of unbranched alkanes of at least 4 members (excludes halogenated alkanes) is 8. The van der Waals surface area contributed by atoms with E-state index in [4.69, 9.17) is 4.84 Å². The first kappa shape index (κ1) is 20.9. The number of hydrogen-bond acceptors (Lipinski definition) is 3. The number of pyridine rings is 1. The minimum atomic E-state index is 1.04. The zero-order valence-electron chi connectivity index (χ0n) is 15.8. The van der Waals surface area contributed by atoms with Crippen LogP contribution in [0.15, 0.2) is 36.7 Å². The van der Waals surface area contributed by atoms with E-state index in [9.17, 15) is 0 Å². The van der Waals surface area contributed by atoms with Gasteiger partial charge in [-0.05, 0) is 56.6 Å². The largest absolute Gasteiger partial charge is 0.303 e. The van der Waals surface area contributed by atoms with Crippen molar-refractivity contribution in [1.82, 2.24) is 10.0 Å². The molecule has 1 aromatic heterocycles. The first-order chi connectivity index (χ1) is 11.8. The SMILES string of the molecule is CON(C)CCCCCCCC/C=C\CCCCc1cccnc1. The fraction of sp³-hybridized carbons (Fsp3) is 0.667. The second-order valence-corrected chi connectivity index (χ2v) is 6.52. The van der Waals surface area contributed by atoms with E-state index >= 15 is 0 Å². The number of rotatable bonds is 15. The van der Waals surface area contributed by atoms with Crippen LogP contribution in [0.1, 0.15) is 69.8 Å². The third kappa shape index (κ3) is 12.3. The second-order valence-electron chi connectivity index (χ2n) is 6.52. The average Bonchev–Trinajstić information content (AvgIpc) is 2.62. The molecule has 0 atom stereocenters. The molecular formula is C21H36N2O. The Morgan fingerprint density at radius 2 is 1.62 bits per heavy atom.